The van der Waals surface area contributed by atoms with Crippen LogP contribution in [0.1, 0.15) is 23.0 Å². The van der Waals surface area contributed by atoms with E-state index in [1.54, 1.807) is 37.0 Å². The number of furan rings is 1. The Kier molecular flexibility index (Phi) is 4.22. The molecular weight excluding hydrogens is 306 g/mol. The van der Waals surface area contributed by atoms with Crippen LogP contribution < -0.4 is 5.32 Å². The van der Waals surface area contributed by atoms with Crippen LogP contribution in [0, 0.1) is 0 Å². The van der Waals surface area contributed by atoms with Gasteiger partial charge in [0.05, 0.1) is 18.4 Å². The predicted molar refractivity (Wildman–Crippen MR) is 89.3 cm³/mol. The summed E-state index contributed by atoms with van der Waals surface area (Å²) in [5, 5.41) is 17.6. The van der Waals surface area contributed by atoms with Gasteiger partial charge < -0.3 is 14.8 Å². The normalized spacial score (nSPS) is 13.5. The van der Waals surface area contributed by atoms with E-state index in [0.29, 0.717) is 17.0 Å². The number of nitrogens with one attached hydrogen (secondary N) is 1. The van der Waals surface area contributed by atoms with Gasteiger partial charge in [0.15, 0.2) is 0 Å². The molecule has 0 aliphatic rings. The number of aryl methyl sites for hydroxylation is 1. The monoisotopic (exact) mass is 325 g/mol. The van der Waals surface area contributed by atoms with E-state index in [0.717, 1.165) is 5.56 Å². The lowest BCUT2D eigenvalue weighted by molar-refractivity contribution is 0.0330. The van der Waals surface area contributed by atoms with Crippen LogP contribution in [0.25, 0.3) is 11.3 Å². The van der Waals surface area contributed by atoms with E-state index < -0.39 is 5.60 Å². The molecule has 6 nitrogen and oxygen atoms in total. The van der Waals surface area contributed by atoms with Crippen molar-refractivity contribution >= 4 is 5.91 Å². The minimum absolute atomic E-state index is 0.0302. The summed E-state index contributed by atoms with van der Waals surface area (Å²) >= 11 is 0. The van der Waals surface area contributed by atoms with Crippen molar-refractivity contribution < 1.29 is 14.3 Å². The number of rotatable bonds is 5. The molecule has 3 aromatic rings. The molecule has 1 unspecified atom stereocenters. The lowest BCUT2D eigenvalue weighted by Gasteiger charge is -2.21. The van der Waals surface area contributed by atoms with Gasteiger partial charge in [-0.25, -0.2) is 0 Å². The Balaban J connectivity index is 1.79. The first kappa shape index (κ1) is 16.0. The summed E-state index contributed by atoms with van der Waals surface area (Å²) in [7, 11) is 1.77. The molecule has 0 fully saturated rings. The van der Waals surface area contributed by atoms with E-state index in [-0.39, 0.29) is 12.5 Å². The van der Waals surface area contributed by atoms with Gasteiger partial charge in [0.25, 0.3) is 5.91 Å². The van der Waals surface area contributed by atoms with Crippen LogP contribution in [0.15, 0.2) is 59.3 Å². The maximum absolute atomic E-state index is 12.6. The van der Waals surface area contributed by atoms with Crippen molar-refractivity contribution in [2.45, 2.75) is 12.5 Å². The number of amides is 1. The first-order chi connectivity index (χ1) is 11.5. The second kappa shape index (κ2) is 6.33. The van der Waals surface area contributed by atoms with Gasteiger partial charge in [-0.2, -0.15) is 5.10 Å². The zero-order chi connectivity index (χ0) is 17.2. The lowest BCUT2D eigenvalue weighted by atomic mass is 10.0. The quantitative estimate of drug-likeness (QED) is 0.754. The first-order valence-electron chi connectivity index (χ1n) is 7.61. The van der Waals surface area contributed by atoms with Gasteiger partial charge in [-0.3, -0.25) is 9.48 Å². The van der Waals surface area contributed by atoms with E-state index in [9.17, 15) is 9.90 Å². The molecule has 1 atom stereocenters. The van der Waals surface area contributed by atoms with Crippen LogP contribution in [0.4, 0.5) is 0 Å². The van der Waals surface area contributed by atoms with Crippen LogP contribution >= 0.6 is 0 Å². The molecule has 24 heavy (non-hydrogen) atoms. The number of hydrogen-bond acceptors (Lipinski definition) is 4. The summed E-state index contributed by atoms with van der Waals surface area (Å²) in [6.07, 6.45) is 3.15. The predicted octanol–water partition coefficient (Wildman–Crippen LogP) is 2.32. The average Bonchev–Trinajstić information content (AvgIpc) is 3.23. The minimum Gasteiger partial charge on any atom is -0.466 e. The fourth-order valence-corrected chi connectivity index (χ4v) is 2.48. The maximum atomic E-state index is 12.6. The fourth-order valence-electron chi connectivity index (χ4n) is 2.48. The zero-order valence-electron chi connectivity index (χ0n) is 13.6. The molecule has 0 saturated heterocycles. The molecule has 1 aromatic carbocycles. The van der Waals surface area contributed by atoms with E-state index in [2.05, 4.69) is 10.4 Å². The zero-order valence-corrected chi connectivity index (χ0v) is 13.6. The van der Waals surface area contributed by atoms with Crippen molar-refractivity contribution in [3.05, 3.63) is 66.2 Å². The van der Waals surface area contributed by atoms with Gasteiger partial charge in [0.1, 0.15) is 17.1 Å². The third-order valence-corrected chi connectivity index (χ3v) is 3.77. The van der Waals surface area contributed by atoms with Crippen molar-refractivity contribution in [2.75, 3.05) is 6.54 Å². The molecule has 3 rings (SSSR count). The summed E-state index contributed by atoms with van der Waals surface area (Å²) in [6.45, 7) is 1.62. The molecule has 0 saturated carbocycles. The van der Waals surface area contributed by atoms with Gasteiger partial charge in [-0.15, -0.1) is 0 Å². The molecule has 124 valence electrons. The molecule has 0 aliphatic heterocycles. The molecule has 0 spiro atoms. The average molecular weight is 325 g/mol. The van der Waals surface area contributed by atoms with Gasteiger partial charge in [0, 0.05) is 18.8 Å². The topological polar surface area (TPSA) is 80.3 Å². The van der Waals surface area contributed by atoms with Crippen molar-refractivity contribution in [1.29, 1.82) is 0 Å². The standard InChI is InChI=1S/C18H19N3O3/c1-18(23,15-9-6-10-24-15)12-19-17(22)14-11-21(2)20-16(14)13-7-4-3-5-8-13/h3-11,23H,12H2,1-2H3,(H,19,22). The van der Waals surface area contributed by atoms with Crippen molar-refractivity contribution in [3.63, 3.8) is 0 Å². The largest absolute Gasteiger partial charge is 0.466 e. The second-order valence-electron chi connectivity index (χ2n) is 5.86. The molecule has 2 heterocycles. The number of carbonyl (C=O) groups excluding carboxylic acids is 1. The van der Waals surface area contributed by atoms with E-state index >= 15 is 0 Å². The molecular formula is C18H19N3O3. The molecule has 6 heteroatoms. The first-order valence-corrected chi connectivity index (χ1v) is 7.61. The Morgan fingerprint density at radius 1 is 1.29 bits per heavy atom. The summed E-state index contributed by atoms with van der Waals surface area (Å²) in [5.74, 6) is 0.103. The SMILES string of the molecule is Cn1cc(C(=O)NCC(C)(O)c2ccco2)c(-c2ccccc2)n1. The number of nitrogens with zero attached hydrogens (tertiary/aromatic N) is 2. The van der Waals surface area contributed by atoms with Gasteiger partial charge >= 0.3 is 0 Å². The minimum atomic E-state index is -1.28. The highest BCUT2D eigenvalue weighted by Gasteiger charge is 2.28. The fraction of sp³-hybridized carbons (Fsp3) is 0.222. The van der Waals surface area contributed by atoms with Crippen LogP contribution in [0.2, 0.25) is 0 Å². The Hall–Kier alpha value is -2.86. The lowest BCUT2D eigenvalue weighted by Crippen LogP contribution is -2.38. The van der Waals surface area contributed by atoms with E-state index in [1.807, 2.05) is 30.3 Å². The van der Waals surface area contributed by atoms with Crippen molar-refractivity contribution in [1.82, 2.24) is 15.1 Å². The van der Waals surface area contributed by atoms with Gasteiger partial charge in [0.2, 0.25) is 0 Å². The third-order valence-electron chi connectivity index (χ3n) is 3.77. The Morgan fingerprint density at radius 2 is 2.04 bits per heavy atom. The number of aromatic nitrogens is 2. The van der Waals surface area contributed by atoms with Gasteiger partial charge in [-0.1, -0.05) is 30.3 Å². The summed E-state index contributed by atoms with van der Waals surface area (Å²) in [6, 6.07) is 12.9. The molecule has 2 N–H and O–H groups in total. The molecule has 1 amide bonds. The van der Waals surface area contributed by atoms with Gasteiger partial charge in [-0.05, 0) is 19.1 Å². The summed E-state index contributed by atoms with van der Waals surface area (Å²) in [5.41, 5.74) is 0.641. The second-order valence-corrected chi connectivity index (χ2v) is 5.86. The Labute approximate surface area is 139 Å². The smallest absolute Gasteiger partial charge is 0.255 e. The highest BCUT2D eigenvalue weighted by atomic mass is 16.4. The van der Waals surface area contributed by atoms with Crippen LogP contribution in [0.5, 0.6) is 0 Å². The number of hydrogen-bond donors (Lipinski definition) is 2. The van der Waals surface area contributed by atoms with E-state index in [4.69, 9.17) is 4.42 Å². The molecule has 0 bridgehead atoms. The van der Waals surface area contributed by atoms with Crippen LogP contribution in [0.3, 0.4) is 0 Å². The van der Waals surface area contributed by atoms with Crippen LogP contribution in [-0.2, 0) is 12.6 Å². The maximum Gasteiger partial charge on any atom is 0.255 e. The Morgan fingerprint density at radius 3 is 2.71 bits per heavy atom. The van der Waals surface area contributed by atoms with Crippen molar-refractivity contribution in [3.8, 4) is 11.3 Å². The number of benzene rings is 1. The number of aliphatic hydroxyl groups is 1. The molecule has 2 aromatic heterocycles. The number of carbonyl (C=O) groups is 1. The summed E-state index contributed by atoms with van der Waals surface area (Å²) in [4.78, 5) is 12.6. The highest BCUT2D eigenvalue weighted by Crippen LogP contribution is 2.23. The van der Waals surface area contributed by atoms with Crippen LogP contribution in [-0.4, -0.2) is 27.3 Å². The molecule has 0 radical (unpaired) electrons. The van der Waals surface area contributed by atoms with E-state index in [1.165, 1.54) is 6.26 Å². The Bertz CT molecular complexity index is 821. The highest BCUT2D eigenvalue weighted by molar-refractivity contribution is 5.99. The summed E-state index contributed by atoms with van der Waals surface area (Å²) < 4.78 is 6.81. The van der Waals surface area contributed by atoms with Crippen molar-refractivity contribution in [2.24, 2.45) is 7.05 Å². The molecule has 0 aliphatic carbocycles. The third kappa shape index (κ3) is 3.23.